The molecule has 0 aliphatic carbocycles. The highest BCUT2D eigenvalue weighted by atomic mass is 32.2. The van der Waals surface area contributed by atoms with Gasteiger partial charge in [0.25, 0.3) is 0 Å². The second kappa shape index (κ2) is 17.1. The maximum Gasteiger partial charge on any atom is 0.421 e. The number of nitrogens with zero attached hydrogens (tertiary/aromatic N) is 5. The molecule has 0 radical (unpaired) electrons. The van der Waals surface area contributed by atoms with Crippen LogP contribution < -0.4 is 25.2 Å². The fourth-order valence-corrected chi connectivity index (χ4v) is 9.98. The van der Waals surface area contributed by atoms with E-state index in [0.717, 1.165) is 31.5 Å². The van der Waals surface area contributed by atoms with E-state index in [1.54, 1.807) is 6.92 Å². The van der Waals surface area contributed by atoms with Crippen molar-refractivity contribution in [2.75, 3.05) is 60.9 Å². The lowest BCUT2D eigenvalue weighted by Crippen LogP contribution is -2.51. The van der Waals surface area contributed by atoms with Gasteiger partial charge in [-0.3, -0.25) is 14.9 Å². The van der Waals surface area contributed by atoms with Crippen molar-refractivity contribution in [3.05, 3.63) is 65.1 Å². The van der Waals surface area contributed by atoms with Gasteiger partial charge >= 0.3 is 6.18 Å². The number of nitrogens with one attached hydrogen (secondary N) is 3. The fraction of sp³-hybridized carbons (Fsp3) is 0.550. The van der Waals surface area contributed by atoms with Gasteiger partial charge < -0.3 is 25.1 Å². The van der Waals surface area contributed by atoms with E-state index in [2.05, 4.69) is 30.2 Å². The number of aromatic nitrogens is 2. The zero-order chi connectivity index (χ0) is 43.1. The number of anilines is 4. The Morgan fingerprint density at radius 1 is 0.933 bits per heavy atom. The van der Waals surface area contributed by atoms with E-state index in [0.29, 0.717) is 50.4 Å². The summed E-state index contributed by atoms with van der Waals surface area (Å²) in [5, 5.41) is 15.0. The SMILES string of the molecule is C[C@H]1CN(CC2CCN(c3cc(F)c(C4CCC(=O)NC4=O)c(F)c3)CC2)CC[C@H]1NS(=O)(=O)c1ccc(Nc2ncc(C(F)(F)F)c(N3CCC(C)(O)CC3)n2)c(F)c1. The Bertz CT molecular complexity index is 2190. The molecule has 0 bridgehead atoms. The lowest BCUT2D eigenvalue weighted by atomic mass is 9.89. The molecule has 13 nitrogen and oxygen atoms in total. The predicted molar refractivity (Wildman–Crippen MR) is 210 cm³/mol. The molecule has 3 aromatic rings. The van der Waals surface area contributed by atoms with Gasteiger partial charge in [-0.1, -0.05) is 6.92 Å². The molecule has 0 spiro atoms. The van der Waals surface area contributed by atoms with E-state index >= 15 is 13.2 Å². The van der Waals surface area contributed by atoms with Gasteiger partial charge in [-0.05, 0) is 94.2 Å². The Hall–Kier alpha value is -4.53. The highest BCUT2D eigenvalue weighted by Crippen LogP contribution is 2.38. The van der Waals surface area contributed by atoms with Crippen molar-refractivity contribution in [1.29, 1.82) is 0 Å². The lowest BCUT2D eigenvalue weighted by Gasteiger charge is -2.41. The molecule has 4 fully saturated rings. The predicted octanol–water partition coefficient (Wildman–Crippen LogP) is 5.43. The number of rotatable bonds is 10. The van der Waals surface area contributed by atoms with Gasteiger partial charge in [-0.25, -0.2) is 31.3 Å². The number of benzene rings is 2. The summed E-state index contributed by atoms with van der Waals surface area (Å²) >= 11 is 0. The molecule has 3 atom stereocenters. The van der Waals surface area contributed by atoms with Gasteiger partial charge in [-0.15, -0.1) is 0 Å². The molecule has 5 heterocycles. The van der Waals surface area contributed by atoms with Crippen molar-refractivity contribution in [2.45, 2.75) is 87.4 Å². The molecule has 4 N–H and O–H groups in total. The number of hydrogen-bond acceptors (Lipinski definition) is 11. The highest BCUT2D eigenvalue weighted by molar-refractivity contribution is 7.89. The Morgan fingerprint density at radius 3 is 2.23 bits per heavy atom. The Morgan fingerprint density at radius 2 is 1.62 bits per heavy atom. The molecule has 4 saturated heterocycles. The zero-order valence-electron chi connectivity index (χ0n) is 33.2. The summed E-state index contributed by atoms with van der Waals surface area (Å²) in [7, 11) is -4.17. The molecule has 4 aliphatic rings. The minimum absolute atomic E-state index is 0.0112. The molecule has 2 amide bonds. The van der Waals surface area contributed by atoms with Gasteiger partial charge in [0.1, 0.15) is 28.8 Å². The summed E-state index contributed by atoms with van der Waals surface area (Å²) in [5.41, 5.74) is -2.27. The first-order valence-electron chi connectivity index (χ1n) is 20.1. The number of halogens is 6. The van der Waals surface area contributed by atoms with E-state index in [9.17, 15) is 36.3 Å². The summed E-state index contributed by atoms with van der Waals surface area (Å²) in [6.07, 6.45) is -1.62. The number of amides is 2. The monoisotopic (exact) mass is 866 g/mol. The van der Waals surface area contributed by atoms with Crippen molar-refractivity contribution in [3.8, 4) is 0 Å². The number of hydrogen-bond donors (Lipinski definition) is 4. The van der Waals surface area contributed by atoms with Crippen molar-refractivity contribution in [2.24, 2.45) is 11.8 Å². The molecule has 60 heavy (non-hydrogen) atoms. The van der Waals surface area contributed by atoms with Crippen molar-refractivity contribution >= 4 is 45.0 Å². The summed E-state index contributed by atoms with van der Waals surface area (Å²) in [6, 6.07) is 5.22. The zero-order valence-corrected chi connectivity index (χ0v) is 34.0. The number of imide groups is 1. The number of likely N-dealkylation sites (tertiary alicyclic amines) is 1. The normalized spacial score (nSPS) is 23.4. The summed E-state index contributed by atoms with van der Waals surface area (Å²) in [5.74, 6) is -5.37. The van der Waals surface area contributed by atoms with Crippen LogP contribution >= 0.6 is 0 Å². The largest absolute Gasteiger partial charge is 0.421 e. The van der Waals surface area contributed by atoms with Crippen molar-refractivity contribution in [3.63, 3.8) is 0 Å². The van der Waals surface area contributed by atoms with Gasteiger partial charge in [0, 0.05) is 69.2 Å². The number of carbonyl (C=O) groups is 2. The minimum Gasteiger partial charge on any atom is -0.390 e. The van der Waals surface area contributed by atoms with E-state index < -0.39 is 74.4 Å². The molecule has 326 valence electrons. The van der Waals surface area contributed by atoms with Crippen LogP contribution in [0.4, 0.5) is 49.5 Å². The van der Waals surface area contributed by atoms with Gasteiger partial charge in [0.2, 0.25) is 27.8 Å². The standard InChI is InChI=1S/C40H48F6N8O5S/c1-23-21-52(22-24-7-13-53(14-8-24)25-17-30(42)35(31(43)18-25)27-4-6-34(55)49-37(27)56)12-9-32(23)51-60(58,59)26-3-5-33(29(41)19-26)48-38-47-20-28(40(44,45)46)36(50-38)54-15-10-39(2,57)11-16-54/h3,5,17-20,23-24,27,32,51,57H,4,6-16,21-22H2,1-2H3,(H,47,48,50)(H,49,55,56)/t23-,27?,32+/m0/s1. The van der Waals surface area contributed by atoms with Crippen LogP contribution in [0.3, 0.4) is 0 Å². The van der Waals surface area contributed by atoms with Crippen LogP contribution in [0.1, 0.15) is 75.8 Å². The molecule has 7 rings (SSSR count). The molecular weight excluding hydrogens is 819 g/mol. The summed E-state index contributed by atoms with van der Waals surface area (Å²) < 4.78 is 117. The molecule has 1 unspecified atom stereocenters. The Kier molecular flexibility index (Phi) is 12.4. The van der Waals surface area contributed by atoms with E-state index in [-0.39, 0.29) is 66.8 Å². The molecule has 1 aromatic heterocycles. The number of piperidine rings is 4. The molecule has 0 saturated carbocycles. The molecular formula is C40H48F6N8O5S. The van der Waals surface area contributed by atoms with E-state index in [4.69, 9.17) is 0 Å². The molecule has 20 heteroatoms. The number of aliphatic hydroxyl groups is 1. The Balaban J connectivity index is 0.911. The maximum absolute atomic E-state index is 15.4. The van der Waals surface area contributed by atoms with Crippen molar-refractivity contribution < 1.29 is 49.5 Å². The summed E-state index contributed by atoms with van der Waals surface area (Å²) in [4.78, 5) is 36.8. The third-order valence-corrected chi connectivity index (χ3v) is 13.6. The van der Waals surface area contributed by atoms with Gasteiger partial charge in [0.05, 0.1) is 22.1 Å². The first kappa shape index (κ1) is 43.6. The van der Waals surface area contributed by atoms with Crippen molar-refractivity contribution in [1.82, 2.24) is 24.9 Å². The van der Waals surface area contributed by atoms with Gasteiger partial charge in [0.15, 0.2) is 0 Å². The highest BCUT2D eigenvalue weighted by Gasteiger charge is 2.39. The summed E-state index contributed by atoms with van der Waals surface area (Å²) in [6.45, 7) is 6.88. The first-order chi connectivity index (χ1) is 28.3. The maximum atomic E-state index is 15.4. The number of carbonyl (C=O) groups excluding carboxylic acids is 2. The second-order valence-electron chi connectivity index (χ2n) is 16.7. The number of alkyl halides is 3. The van der Waals surface area contributed by atoms with Crippen LogP contribution in [0.5, 0.6) is 0 Å². The lowest BCUT2D eigenvalue weighted by molar-refractivity contribution is -0.138. The third kappa shape index (κ3) is 9.81. The van der Waals surface area contributed by atoms with Crippen LogP contribution in [-0.2, 0) is 25.8 Å². The first-order valence-corrected chi connectivity index (χ1v) is 21.5. The van der Waals surface area contributed by atoms with Crippen LogP contribution in [0, 0.1) is 29.3 Å². The molecule has 4 aliphatic heterocycles. The second-order valence-corrected chi connectivity index (χ2v) is 18.4. The number of sulfonamides is 1. The smallest absolute Gasteiger partial charge is 0.390 e. The van der Waals surface area contributed by atoms with Crippen LogP contribution in [0.25, 0.3) is 0 Å². The Labute approximate surface area is 344 Å². The van der Waals surface area contributed by atoms with Crippen LogP contribution in [-0.4, -0.2) is 97.7 Å². The van der Waals surface area contributed by atoms with E-state index in [1.165, 1.54) is 23.1 Å². The quantitative estimate of drug-likeness (QED) is 0.152. The third-order valence-electron chi connectivity index (χ3n) is 12.2. The van der Waals surface area contributed by atoms with Crippen LogP contribution in [0.15, 0.2) is 41.4 Å². The average molecular weight is 867 g/mol. The average Bonchev–Trinajstić information content (AvgIpc) is 3.17. The van der Waals surface area contributed by atoms with E-state index in [1.807, 2.05) is 11.8 Å². The van der Waals surface area contributed by atoms with Crippen LogP contribution in [0.2, 0.25) is 0 Å². The fourth-order valence-electron chi connectivity index (χ4n) is 8.59. The van der Waals surface area contributed by atoms with Gasteiger partial charge in [-0.2, -0.15) is 18.2 Å². The molecule has 2 aromatic carbocycles. The minimum atomic E-state index is -4.76. The topological polar surface area (TPSA) is 160 Å².